The average molecular weight is 419 g/mol. The van der Waals surface area contributed by atoms with Crippen LogP contribution in [0.2, 0.25) is 0 Å². The Labute approximate surface area is 172 Å². The lowest BCUT2D eigenvalue weighted by Crippen LogP contribution is -2.66. The quantitative estimate of drug-likeness (QED) is 0.368. The van der Waals surface area contributed by atoms with Crippen LogP contribution >= 0.6 is 0 Å². The summed E-state index contributed by atoms with van der Waals surface area (Å²) < 4.78 is 11.9. The van der Waals surface area contributed by atoms with Crippen LogP contribution in [0, 0.1) is 23.2 Å². The summed E-state index contributed by atoms with van der Waals surface area (Å²) in [4.78, 5) is 0. The predicted octanol–water partition coefficient (Wildman–Crippen LogP) is -0.234. The Kier molecular flexibility index (Phi) is 6.69. The third-order valence-corrected chi connectivity index (χ3v) is 7.83. The summed E-state index contributed by atoms with van der Waals surface area (Å²) in [6.07, 6.45) is -5.37. The first-order chi connectivity index (χ1) is 13.4. The largest absolute Gasteiger partial charge is 0.394 e. The second-order valence-electron chi connectivity index (χ2n) is 10.1. The Morgan fingerprint density at radius 1 is 1.00 bits per heavy atom. The topological polar surface area (TPSA) is 140 Å². The van der Waals surface area contributed by atoms with Gasteiger partial charge < -0.3 is 40.1 Å². The Hall–Kier alpha value is -0.320. The molecule has 0 radical (unpaired) electrons. The van der Waals surface area contributed by atoms with Crippen LogP contribution in [0.3, 0.4) is 0 Å². The summed E-state index contributed by atoms with van der Waals surface area (Å²) in [5.74, 6) is -0.117. The molecule has 2 aliphatic carbocycles. The van der Waals surface area contributed by atoms with E-state index in [4.69, 9.17) is 9.47 Å². The van der Waals surface area contributed by atoms with Gasteiger partial charge >= 0.3 is 0 Å². The number of rotatable bonds is 4. The van der Waals surface area contributed by atoms with Crippen LogP contribution in [0.1, 0.15) is 53.4 Å². The Balaban J connectivity index is 1.94. The first-order valence-electron chi connectivity index (χ1n) is 10.8. The number of aliphatic hydroxyl groups excluding tert-OH is 5. The standard InChI is InChI=1S/C21H38O8/c1-10(2)11-5-7-20(3)13(23)6-8-21(4,27)18(20)17(11)29-19-16(26)15(25)14(24)12(9-22)28-19/h10-19,22-27H,5-9H2,1-4H3/t11-,12+,13+,14+,15-,16+,17+,18-,19-,20+,21-/m0/s1. The number of aliphatic hydroxyl groups is 6. The van der Waals surface area contributed by atoms with E-state index in [1.54, 1.807) is 6.92 Å². The van der Waals surface area contributed by atoms with E-state index in [2.05, 4.69) is 13.8 Å². The predicted molar refractivity (Wildman–Crippen MR) is 104 cm³/mol. The van der Waals surface area contributed by atoms with Gasteiger partial charge in [-0.3, -0.25) is 0 Å². The maximum Gasteiger partial charge on any atom is 0.186 e. The van der Waals surface area contributed by atoms with Gasteiger partial charge in [0.2, 0.25) is 0 Å². The highest BCUT2D eigenvalue weighted by molar-refractivity contribution is 5.09. The lowest BCUT2D eigenvalue weighted by molar-refractivity contribution is -0.338. The van der Waals surface area contributed by atoms with Crippen molar-refractivity contribution >= 4 is 0 Å². The highest BCUT2D eigenvalue weighted by Crippen LogP contribution is 2.57. The zero-order valence-electron chi connectivity index (χ0n) is 17.8. The third kappa shape index (κ3) is 3.99. The van der Waals surface area contributed by atoms with Crippen LogP contribution in [0.4, 0.5) is 0 Å². The molecule has 0 aromatic heterocycles. The van der Waals surface area contributed by atoms with E-state index >= 15 is 0 Å². The van der Waals surface area contributed by atoms with Gasteiger partial charge in [-0.05, 0) is 44.4 Å². The first-order valence-corrected chi connectivity index (χ1v) is 10.8. The Bertz CT molecular complexity index is 567. The molecule has 0 amide bonds. The Morgan fingerprint density at radius 2 is 1.66 bits per heavy atom. The van der Waals surface area contributed by atoms with Crippen LogP contribution in [0.15, 0.2) is 0 Å². The maximum atomic E-state index is 11.3. The van der Waals surface area contributed by atoms with E-state index in [1.807, 2.05) is 6.92 Å². The number of hydrogen-bond donors (Lipinski definition) is 6. The Morgan fingerprint density at radius 3 is 2.24 bits per heavy atom. The molecule has 8 heteroatoms. The molecule has 1 saturated heterocycles. The van der Waals surface area contributed by atoms with Crippen molar-refractivity contribution in [1.29, 1.82) is 0 Å². The molecule has 3 fully saturated rings. The monoisotopic (exact) mass is 418 g/mol. The lowest BCUT2D eigenvalue weighted by atomic mass is 9.50. The molecule has 0 bridgehead atoms. The first kappa shape index (κ1) is 23.3. The van der Waals surface area contributed by atoms with E-state index in [-0.39, 0.29) is 11.8 Å². The molecular weight excluding hydrogens is 380 g/mol. The number of ether oxygens (including phenoxy) is 2. The fourth-order valence-corrected chi connectivity index (χ4v) is 6.00. The van der Waals surface area contributed by atoms with Crippen LogP contribution in [0.25, 0.3) is 0 Å². The van der Waals surface area contributed by atoms with Crippen molar-refractivity contribution in [2.75, 3.05) is 6.61 Å². The molecule has 3 rings (SSSR count). The molecule has 0 unspecified atom stereocenters. The minimum absolute atomic E-state index is 0.0530. The summed E-state index contributed by atoms with van der Waals surface area (Å²) in [5, 5.41) is 62.2. The second-order valence-corrected chi connectivity index (χ2v) is 10.1. The van der Waals surface area contributed by atoms with Crippen molar-refractivity contribution < 1.29 is 40.1 Å². The SMILES string of the molecule is CC(C)[C@@H]1CC[C@]2(C)[C@H](O)CC[C@](C)(O)[C@H]2[C@@H]1O[C@@H]1O[C@H](CO)[C@@H](O)[C@H](O)[C@H]1O. The van der Waals surface area contributed by atoms with E-state index in [0.29, 0.717) is 12.8 Å². The van der Waals surface area contributed by atoms with E-state index in [0.717, 1.165) is 12.8 Å². The zero-order valence-corrected chi connectivity index (χ0v) is 17.8. The fraction of sp³-hybridized carbons (Fsp3) is 1.00. The second kappa shape index (κ2) is 8.31. The number of fused-ring (bicyclic) bond motifs is 1. The zero-order chi connectivity index (χ0) is 21.7. The van der Waals surface area contributed by atoms with Crippen molar-refractivity contribution in [2.45, 2.75) is 102 Å². The van der Waals surface area contributed by atoms with Crippen molar-refractivity contribution in [3.05, 3.63) is 0 Å². The van der Waals surface area contributed by atoms with Crippen LogP contribution < -0.4 is 0 Å². The average Bonchev–Trinajstić information content (AvgIpc) is 2.65. The smallest absolute Gasteiger partial charge is 0.186 e. The third-order valence-electron chi connectivity index (χ3n) is 7.83. The molecule has 2 saturated carbocycles. The van der Waals surface area contributed by atoms with Gasteiger partial charge in [-0.2, -0.15) is 0 Å². The minimum Gasteiger partial charge on any atom is -0.394 e. The molecular formula is C21H38O8. The van der Waals surface area contributed by atoms with Gasteiger partial charge in [-0.1, -0.05) is 20.8 Å². The van der Waals surface area contributed by atoms with Crippen LogP contribution in [-0.4, -0.2) is 85.8 Å². The van der Waals surface area contributed by atoms with Gasteiger partial charge in [-0.15, -0.1) is 0 Å². The van der Waals surface area contributed by atoms with E-state index < -0.39 is 66.5 Å². The summed E-state index contributed by atoms with van der Waals surface area (Å²) in [6.45, 7) is 7.38. The highest BCUT2D eigenvalue weighted by atomic mass is 16.7. The van der Waals surface area contributed by atoms with E-state index in [9.17, 15) is 30.6 Å². The van der Waals surface area contributed by atoms with Gasteiger partial charge in [0.15, 0.2) is 6.29 Å². The molecule has 0 aromatic rings. The van der Waals surface area contributed by atoms with Gasteiger partial charge in [-0.25, -0.2) is 0 Å². The lowest BCUT2D eigenvalue weighted by Gasteiger charge is -2.60. The van der Waals surface area contributed by atoms with Crippen molar-refractivity contribution in [1.82, 2.24) is 0 Å². The molecule has 11 atom stereocenters. The normalized spacial score (nSPS) is 53.7. The highest BCUT2D eigenvalue weighted by Gasteiger charge is 2.61. The van der Waals surface area contributed by atoms with Gasteiger partial charge in [0.1, 0.15) is 24.4 Å². The molecule has 3 aliphatic rings. The molecule has 0 spiro atoms. The summed E-state index contributed by atoms with van der Waals surface area (Å²) in [6, 6.07) is 0. The molecule has 1 aliphatic heterocycles. The molecule has 29 heavy (non-hydrogen) atoms. The summed E-state index contributed by atoms with van der Waals surface area (Å²) in [5.41, 5.74) is -1.62. The minimum atomic E-state index is -1.52. The molecule has 6 N–H and O–H groups in total. The van der Waals surface area contributed by atoms with Gasteiger partial charge in [0, 0.05) is 11.3 Å². The molecule has 8 nitrogen and oxygen atoms in total. The van der Waals surface area contributed by atoms with Gasteiger partial charge in [0.25, 0.3) is 0 Å². The maximum absolute atomic E-state index is 11.3. The van der Waals surface area contributed by atoms with Crippen molar-refractivity contribution in [3.63, 3.8) is 0 Å². The fourth-order valence-electron chi connectivity index (χ4n) is 6.00. The van der Waals surface area contributed by atoms with Crippen LogP contribution in [-0.2, 0) is 9.47 Å². The van der Waals surface area contributed by atoms with Gasteiger partial charge in [0.05, 0.1) is 24.4 Å². The van der Waals surface area contributed by atoms with Crippen molar-refractivity contribution in [2.24, 2.45) is 23.2 Å². The summed E-state index contributed by atoms with van der Waals surface area (Å²) >= 11 is 0. The van der Waals surface area contributed by atoms with E-state index in [1.165, 1.54) is 0 Å². The molecule has 170 valence electrons. The molecule has 1 heterocycles. The summed E-state index contributed by atoms with van der Waals surface area (Å²) in [7, 11) is 0. The molecule has 0 aromatic carbocycles. The number of hydrogen-bond acceptors (Lipinski definition) is 8. The van der Waals surface area contributed by atoms with Crippen molar-refractivity contribution in [3.8, 4) is 0 Å². The van der Waals surface area contributed by atoms with Crippen LogP contribution in [0.5, 0.6) is 0 Å².